The quantitative estimate of drug-likeness (QED) is 0.806. The standard InChI is InChI=1S/C14H23N3O2/c1-2-5-15-14-4-3-12(8-16-14)9-17-6-7-19-13(10-17)11-18/h3-4,8,13,18H,2,5-7,9-11H2,1H3,(H,15,16). The van der Waals surface area contributed by atoms with E-state index in [0.29, 0.717) is 6.61 Å². The van der Waals surface area contributed by atoms with Gasteiger partial charge in [-0.3, -0.25) is 4.90 Å². The summed E-state index contributed by atoms with van der Waals surface area (Å²) in [6, 6.07) is 4.13. The first-order valence-electron chi connectivity index (χ1n) is 6.95. The largest absolute Gasteiger partial charge is 0.394 e. The van der Waals surface area contributed by atoms with E-state index in [9.17, 15) is 0 Å². The van der Waals surface area contributed by atoms with Crippen LogP contribution in [0.2, 0.25) is 0 Å². The van der Waals surface area contributed by atoms with Crippen LogP contribution in [0.15, 0.2) is 18.3 Å². The molecule has 19 heavy (non-hydrogen) atoms. The number of aliphatic hydroxyl groups is 1. The second kappa shape index (κ2) is 7.43. The van der Waals surface area contributed by atoms with Crippen molar-refractivity contribution in [2.75, 3.05) is 38.2 Å². The molecule has 0 aliphatic carbocycles. The van der Waals surface area contributed by atoms with Crippen LogP contribution in [0.4, 0.5) is 5.82 Å². The first kappa shape index (κ1) is 14.2. The minimum absolute atomic E-state index is 0.0489. The molecule has 0 amide bonds. The summed E-state index contributed by atoms with van der Waals surface area (Å²) >= 11 is 0. The van der Waals surface area contributed by atoms with Gasteiger partial charge in [0.15, 0.2) is 0 Å². The van der Waals surface area contributed by atoms with E-state index in [-0.39, 0.29) is 12.7 Å². The van der Waals surface area contributed by atoms with Crippen molar-refractivity contribution in [2.24, 2.45) is 0 Å². The highest BCUT2D eigenvalue weighted by atomic mass is 16.5. The van der Waals surface area contributed by atoms with E-state index < -0.39 is 0 Å². The van der Waals surface area contributed by atoms with E-state index in [1.54, 1.807) is 0 Å². The Morgan fingerprint density at radius 1 is 1.53 bits per heavy atom. The van der Waals surface area contributed by atoms with E-state index in [1.165, 1.54) is 5.56 Å². The average Bonchev–Trinajstić information content (AvgIpc) is 2.47. The maximum atomic E-state index is 9.12. The zero-order valence-corrected chi connectivity index (χ0v) is 11.5. The van der Waals surface area contributed by atoms with E-state index in [0.717, 1.165) is 38.4 Å². The van der Waals surface area contributed by atoms with Crippen LogP contribution in [0.5, 0.6) is 0 Å². The topological polar surface area (TPSA) is 57.6 Å². The number of aliphatic hydroxyl groups excluding tert-OH is 1. The van der Waals surface area contributed by atoms with Crippen LogP contribution >= 0.6 is 0 Å². The van der Waals surface area contributed by atoms with E-state index in [2.05, 4.69) is 28.2 Å². The summed E-state index contributed by atoms with van der Waals surface area (Å²) in [6.07, 6.45) is 2.97. The second-order valence-electron chi connectivity index (χ2n) is 4.89. The normalized spacial score (nSPS) is 20.4. The highest BCUT2D eigenvalue weighted by Gasteiger charge is 2.19. The van der Waals surface area contributed by atoms with Crippen molar-refractivity contribution >= 4 is 5.82 Å². The van der Waals surface area contributed by atoms with Gasteiger partial charge in [0.05, 0.1) is 19.3 Å². The number of nitrogens with zero attached hydrogens (tertiary/aromatic N) is 2. The molecule has 1 fully saturated rings. The summed E-state index contributed by atoms with van der Waals surface area (Å²) in [4.78, 5) is 6.69. The van der Waals surface area contributed by atoms with Crippen molar-refractivity contribution in [1.29, 1.82) is 0 Å². The molecule has 5 nitrogen and oxygen atoms in total. The predicted molar refractivity (Wildman–Crippen MR) is 75.1 cm³/mol. The van der Waals surface area contributed by atoms with Crippen LogP contribution in [0.3, 0.4) is 0 Å². The number of rotatable bonds is 6. The monoisotopic (exact) mass is 265 g/mol. The molecule has 2 N–H and O–H groups in total. The molecule has 0 radical (unpaired) electrons. The fourth-order valence-corrected chi connectivity index (χ4v) is 2.17. The maximum Gasteiger partial charge on any atom is 0.125 e. The molecule has 2 heterocycles. The zero-order valence-electron chi connectivity index (χ0n) is 11.5. The Hall–Kier alpha value is -1.17. The highest BCUT2D eigenvalue weighted by molar-refractivity contribution is 5.35. The molecule has 5 heteroatoms. The van der Waals surface area contributed by atoms with E-state index in [4.69, 9.17) is 9.84 Å². The fraction of sp³-hybridized carbons (Fsp3) is 0.643. The number of pyridine rings is 1. The van der Waals surface area contributed by atoms with Gasteiger partial charge in [-0.15, -0.1) is 0 Å². The summed E-state index contributed by atoms with van der Waals surface area (Å²) in [5, 5.41) is 12.4. The summed E-state index contributed by atoms with van der Waals surface area (Å²) in [5.74, 6) is 0.931. The maximum absolute atomic E-state index is 9.12. The fourth-order valence-electron chi connectivity index (χ4n) is 2.17. The van der Waals surface area contributed by atoms with Gasteiger partial charge in [-0.25, -0.2) is 4.98 Å². The van der Waals surface area contributed by atoms with Gasteiger partial charge in [0.1, 0.15) is 5.82 Å². The Bertz CT molecular complexity index is 369. The van der Waals surface area contributed by atoms with Crippen molar-refractivity contribution in [3.8, 4) is 0 Å². The number of ether oxygens (including phenoxy) is 1. The van der Waals surface area contributed by atoms with Crippen LogP contribution in [-0.2, 0) is 11.3 Å². The molecule has 1 aromatic rings. The summed E-state index contributed by atoms with van der Waals surface area (Å²) < 4.78 is 5.44. The number of hydrogen-bond donors (Lipinski definition) is 2. The molecule has 0 bridgehead atoms. The minimum atomic E-state index is -0.0489. The van der Waals surface area contributed by atoms with Crippen LogP contribution in [0.1, 0.15) is 18.9 Å². The number of nitrogens with one attached hydrogen (secondary N) is 1. The van der Waals surface area contributed by atoms with Crippen LogP contribution in [-0.4, -0.2) is 53.9 Å². The van der Waals surface area contributed by atoms with Gasteiger partial charge >= 0.3 is 0 Å². The van der Waals surface area contributed by atoms with Crippen molar-refractivity contribution in [3.05, 3.63) is 23.9 Å². The Balaban J connectivity index is 1.85. The van der Waals surface area contributed by atoms with Gasteiger partial charge in [-0.05, 0) is 18.1 Å². The van der Waals surface area contributed by atoms with Crippen LogP contribution in [0, 0.1) is 0 Å². The van der Waals surface area contributed by atoms with Crippen molar-refractivity contribution in [2.45, 2.75) is 26.0 Å². The molecule has 1 aliphatic rings. The third-order valence-corrected chi connectivity index (χ3v) is 3.21. The third-order valence-electron chi connectivity index (χ3n) is 3.21. The summed E-state index contributed by atoms with van der Waals surface area (Å²) in [7, 11) is 0. The van der Waals surface area contributed by atoms with Gasteiger partial charge in [-0.1, -0.05) is 13.0 Å². The molecule has 0 saturated carbocycles. The summed E-state index contributed by atoms with van der Waals surface area (Å²) in [6.45, 7) is 6.42. The predicted octanol–water partition coefficient (Wildman–Crippen LogP) is 1.10. The molecule has 1 saturated heterocycles. The molecule has 0 aromatic carbocycles. The Labute approximate surface area is 114 Å². The molecule has 1 atom stereocenters. The molecule has 0 spiro atoms. The van der Waals surface area contributed by atoms with Gasteiger partial charge in [0.2, 0.25) is 0 Å². The molecule has 2 rings (SSSR count). The number of morpholine rings is 1. The highest BCUT2D eigenvalue weighted by Crippen LogP contribution is 2.11. The van der Waals surface area contributed by atoms with Crippen molar-refractivity contribution in [3.63, 3.8) is 0 Å². The van der Waals surface area contributed by atoms with E-state index >= 15 is 0 Å². The van der Waals surface area contributed by atoms with Crippen molar-refractivity contribution in [1.82, 2.24) is 9.88 Å². The first-order valence-corrected chi connectivity index (χ1v) is 6.95. The zero-order chi connectivity index (χ0) is 13.5. The molecular formula is C14H23N3O2. The lowest BCUT2D eigenvalue weighted by Crippen LogP contribution is -2.43. The molecule has 1 unspecified atom stereocenters. The van der Waals surface area contributed by atoms with E-state index in [1.807, 2.05) is 12.3 Å². The molecule has 1 aromatic heterocycles. The lowest BCUT2D eigenvalue weighted by atomic mass is 10.2. The SMILES string of the molecule is CCCNc1ccc(CN2CCOC(CO)C2)cn1. The first-order chi connectivity index (χ1) is 9.31. The number of hydrogen-bond acceptors (Lipinski definition) is 5. The lowest BCUT2D eigenvalue weighted by Gasteiger charge is -2.31. The Morgan fingerprint density at radius 3 is 3.11 bits per heavy atom. The van der Waals surface area contributed by atoms with Crippen LogP contribution in [0.25, 0.3) is 0 Å². The Kier molecular flexibility index (Phi) is 5.57. The minimum Gasteiger partial charge on any atom is -0.394 e. The molecular weight excluding hydrogens is 242 g/mol. The second-order valence-corrected chi connectivity index (χ2v) is 4.89. The smallest absolute Gasteiger partial charge is 0.125 e. The van der Waals surface area contributed by atoms with Gasteiger partial charge < -0.3 is 15.2 Å². The third kappa shape index (κ3) is 4.45. The number of anilines is 1. The molecule has 106 valence electrons. The van der Waals surface area contributed by atoms with Gasteiger partial charge in [-0.2, -0.15) is 0 Å². The van der Waals surface area contributed by atoms with Gasteiger partial charge in [0, 0.05) is 32.4 Å². The number of aromatic nitrogens is 1. The van der Waals surface area contributed by atoms with Gasteiger partial charge in [0.25, 0.3) is 0 Å². The molecule has 1 aliphatic heterocycles. The lowest BCUT2D eigenvalue weighted by molar-refractivity contribution is -0.0551. The van der Waals surface area contributed by atoms with Crippen molar-refractivity contribution < 1.29 is 9.84 Å². The Morgan fingerprint density at radius 2 is 2.42 bits per heavy atom. The van der Waals surface area contributed by atoms with Crippen LogP contribution < -0.4 is 5.32 Å². The summed E-state index contributed by atoms with van der Waals surface area (Å²) in [5.41, 5.74) is 1.20. The average molecular weight is 265 g/mol.